The molecule has 0 saturated heterocycles. The molecule has 0 aliphatic carbocycles. The Kier molecular flexibility index (Phi) is 5.78. The van der Waals surface area contributed by atoms with Gasteiger partial charge in [-0.1, -0.05) is 60.1 Å². The van der Waals surface area contributed by atoms with Crippen molar-refractivity contribution in [1.82, 2.24) is 0 Å². The van der Waals surface area contributed by atoms with Gasteiger partial charge in [0.1, 0.15) is 0 Å². The second kappa shape index (κ2) is 7.59. The van der Waals surface area contributed by atoms with Crippen molar-refractivity contribution in [2.45, 2.75) is 39.5 Å². The number of benzene rings is 2. The van der Waals surface area contributed by atoms with Crippen LogP contribution < -0.4 is 5.32 Å². The van der Waals surface area contributed by atoms with E-state index in [0.29, 0.717) is 12.3 Å². The summed E-state index contributed by atoms with van der Waals surface area (Å²) in [6, 6.07) is 14.3. The highest BCUT2D eigenvalue weighted by molar-refractivity contribution is 9.10. The fourth-order valence-corrected chi connectivity index (χ4v) is 2.94. The molecule has 1 N–H and O–H groups in total. The molecule has 2 aromatic rings. The number of hydrogen-bond donors (Lipinski definition) is 1. The maximum absolute atomic E-state index is 12.3. The Bertz CT molecular complexity index is 664. The number of amides is 1. The van der Waals surface area contributed by atoms with E-state index in [1.165, 1.54) is 11.1 Å². The van der Waals surface area contributed by atoms with Gasteiger partial charge in [-0.3, -0.25) is 4.79 Å². The Labute approximate surface area is 141 Å². The van der Waals surface area contributed by atoms with Crippen molar-refractivity contribution in [3.8, 4) is 0 Å². The van der Waals surface area contributed by atoms with Crippen LogP contribution in [0.1, 0.15) is 42.9 Å². The zero-order valence-corrected chi connectivity index (χ0v) is 14.9. The minimum atomic E-state index is 0.0659. The molecule has 0 heterocycles. The van der Waals surface area contributed by atoms with Crippen molar-refractivity contribution < 1.29 is 4.79 Å². The first-order chi connectivity index (χ1) is 10.5. The summed E-state index contributed by atoms with van der Waals surface area (Å²) in [5, 5.41) is 3.09. The Morgan fingerprint density at radius 1 is 1.18 bits per heavy atom. The Balaban J connectivity index is 2.03. The molecule has 2 aromatic carbocycles. The molecule has 1 amide bonds. The third-order valence-electron chi connectivity index (χ3n) is 3.72. The Hall–Kier alpha value is -1.61. The Morgan fingerprint density at radius 3 is 2.59 bits per heavy atom. The number of carbonyl (C=O) groups excluding carboxylic acids is 1. The summed E-state index contributed by atoms with van der Waals surface area (Å²) in [5.41, 5.74) is 4.44. The maximum atomic E-state index is 12.3. The molecule has 0 bridgehead atoms. The largest absolute Gasteiger partial charge is 0.326 e. The van der Waals surface area contributed by atoms with Crippen LogP contribution in [0.3, 0.4) is 0 Å². The molecule has 0 aliphatic rings. The van der Waals surface area contributed by atoms with Gasteiger partial charge >= 0.3 is 0 Å². The van der Waals surface area contributed by atoms with Gasteiger partial charge < -0.3 is 5.32 Å². The van der Waals surface area contributed by atoms with Gasteiger partial charge in [-0.15, -0.1) is 0 Å². The summed E-state index contributed by atoms with van der Waals surface area (Å²) in [7, 11) is 0. The highest BCUT2D eigenvalue weighted by Gasteiger charge is 2.12. The second-order valence-corrected chi connectivity index (χ2v) is 6.79. The van der Waals surface area contributed by atoms with Crippen molar-refractivity contribution in [3.63, 3.8) is 0 Å². The molecule has 0 saturated carbocycles. The van der Waals surface area contributed by atoms with E-state index in [-0.39, 0.29) is 5.91 Å². The van der Waals surface area contributed by atoms with E-state index >= 15 is 0 Å². The molecule has 0 aliphatic heterocycles. The quantitative estimate of drug-likeness (QED) is 0.755. The smallest absolute Gasteiger partial charge is 0.224 e. The molecule has 2 rings (SSSR count). The number of halogens is 1. The van der Waals surface area contributed by atoms with Crippen LogP contribution in [0.15, 0.2) is 46.9 Å². The first kappa shape index (κ1) is 16.8. The lowest BCUT2D eigenvalue weighted by Gasteiger charge is -2.16. The number of para-hydroxylation sites is 1. The van der Waals surface area contributed by atoms with Crippen molar-refractivity contribution >= 4 is 27.5 Å². The van der Waals surface area contributed by atoms with E-state index in [9.17, 15) is 4.79 Å². The fraction of sp³-hybridized carbons (Fsp3) is 0.316. The molecule has 0 aromatic heterocycles. The van der Waals surface area contributed by atoms with Crippen molar-refractivity contribution in [3.05, 3.63) is 63.6 Å². The standard InChI is InChI=1S/C19H22BrNO/c1-13(2)17-9-4-6-14(3)19(17)21-18(22)11-10-15-7-5-8-16(20)12-15/h4-9,12-13H,10-11H2,1-3H3,(H,21,22). The van der Waals surface area contributed by atoms with Gasteiger partial charge in [-0.2, -0.15) is 0 Å². The third kappa shape index (κ3) is 4.44. The molecular formula is C19H22BrNO. The van der Waals surface area contributed by atoms with Gasteiger partial charge in [0.05, 0.1) is 0 Å². The van der Waals surface area contributed by atoms with Crippen molar-refractivity contribution in [2.75, 3.05) is 5.32 Å². The van der Waals surface area contributed by atoms with Crippen LogP contribution in [0.25, 0.3) is 0 Å². The normalized spacial score (nSPS) is 10.8. The van der Waals surface area contributed by atoms with Gasteiger partial charge in [0.15, 0.2) is 0 Å². The average molecular weight is 360 g/mol. The van der Waals surface area contributed by atoms with Crippen LogP contribution in [0.5, 0.6) is 0 Å². The van der Waals surface area contributed by atoms with E-state index in [1.54, 1.807) is 0 Å². The molecule has 0 radical (unpaired) electrons. The van der Waals surface area contributed by atoms with Gasteiger partial charge in [0.25, 0.3) is 0 Å². The first-order valence-electron chi connectivity index (χ1n) is 7.61. The Morgan fingerprint density at radius 2 is 1.91 bits per heavy atom. The van der Waals surface area contributed by atoms with Crippen molar-refractivity contribution in [1.29, 1.82) is 0 Å². The van der Waals surface area contributed by atoms with Crippen LogP contribution >= 0.6 is 15.9 Å². The van der Waals surface area contributed by atoms with Gasteiger partial charge in [0, 0.05) is 16.6 Å². The average Bonchev–Trinajstić information content (AvgIpc) is 2.47. The van der Waals surface area contributed by atoms with Crippen LogP contribution in [-0.2, 0) is 11.2 Å². The van der Waals surface area contributed by atoms with Gasteiger partial charge in [0.2, 0.25) is 5.91 Å². The van der Waals surface area contributed by atoms with E-state index in [0.717, 1.165) is 22.1 Å². The molecule has 0 spiro atoms. The summed E-state index contributed by atoms with van der Waals surface area (Å²) in [4.78, 5) is 12.3. The first-order valence-corrected chi connectivity index (χ1v) is 8.40. The third-order valence-corrected chi connectivity index (χ3v) is 4.21. The lowest BCUT2D eigenvalue weighted by atomic mass is 9.98. The molecule has 0 unspecified atom stereocenters. The molecule has 22 heavy (non-hydrogen) atoms. The highest BCUT2D eigenvalue weighted by Crippen LogP contribution is 2.27. The topological polar surface area (TPSA) is 29.1 Å². The minimum Gasteiger partial charge on any atom is -0.326 e. The lowest BCUT2D eigenvalue weighted by molar-refractivity contribution is -0.116. The molecule has 116 valence electrons. The van der Waals surface area contributed by atoms with Gasteiger partial charge in [-0.05, 0) is 48.1 Å². The molecule has 0 atom stereocenters. The van der Waals surface area contributed by atoms with Gasteiger partial charge in [-0.25, -0.2) is 0 Å². The molecule has 0 fully saturated rings. The minimum absolute atomic E-state index is 0.0659. The zero-order chi connectivity index (χ0) is 16.1. The number of carbonyl (C=O) groups is 1. The van der Waals surface area contributed by atoms with Crippen molar-refractivity contribution in [2.24, 2.45) is 0 Å². The summed E-state index contributed by atoms with van der Waals surface area (Å²) in [6.45, 7) is 6.33. The van der Waals surface area contributed by atoms with E-state index < -0.39 is 0 Å². The van der Waals surface area contributed by atoms with Crippen LogP contribution in [0.2, 0.25) is 0 Å². The summed E-state index contributed by atoms with van der Waals surface area (Å²) >= 11 is 3.46. The van der Waals surface area contributed by atoms with Crippen LogP contribution in [0.4, 0.5) is 5.69 Å². The van der Waals surface area contributed by atoms with E-state index in [1.807, 2.05) is 37.3 Å². The highest BCUT2D eigenvalue weighted by atomic mass is 79.9. The molecular weight excluding hydrogens is 338 g/mol. The van der Waals surface area contributed by atoms with Crippen LogP contribution in [-0.4, -0.2) is 5.91 Å². The maximum Gasteiger partial charge on any atom is 0.224 e. The SMILES string of the molecule is Cc1cccc(C(C)C)c1NC(=O)CCc1cccc(Br)c1. The monoisotopic (exact) mass is 359 g/mol. The number of aryl methyl sites for hydroxylation is 2. The predicted octanol–water partition coefficient (Wildman–Crippen LogP) is 5.45. The summed E-state index contributed by atoms with van der Waals surface area (Å²) in [5.74, 6) is 0.455. The van der Waals surface area contributed by atoms with E-state index in [2.05, 4.69) is 47.2 Å². The number of hydrogen-bond acceptors (Lipinski definition) is 1. The summed E-state index contributed by atoms with van der Waals surface area (Å²) in [6.07, 6.45) is 1.23. The van der Waals surface area contributed by atoms with Crippen LogP contribution in [0, 0.1) is 6.92 Å². The summed E-state index contributed by atoms with van der Waals surface area (Å²) < 4.78 is 1.05. The zero-order valence-electron chi connectivity index (χ0n) is 13.3. The second-order valence-electron chi connectivity index (χ2n) is 5.87. The molecule has 3 heteroatoms. The number of rotatable bonds is 5. The lowest BCUT2D eigenvalue weighted by Crippen LogP contribution is -2.15. The van der Waals surface area contributed by atoms with E-state index in [4.69, 9.17) is 0 Å². The predicted molar refractivity (Wildman–Crippen MR) is 96.4 cm³/mol. The number of anilines is 1. The number of nitrogens with one attached hydrogen (secondary N) is 1. The fourth-order valence-electron chi connectivity index (χ4n) is 2.49. The molecule has 2 nitrogen and oxygen atoms in total.